The molecule has 1 heterocycles. The molecule has 0 amide bonds. The van der Waals surface area contributed by atoms with Crippen LogP contribution in [0, 0.1) is 0 Å². The molecule has 0 saturated carbocycles. The van der Waals surface area contributed by atoms with E-state index >= 15 is 0 Å². The first-order valence-corrected chi connectivity index (χ1v) is 7.09. The largest absolute Gasteiger partial charge is 0.394 e. The molecule has 1 unspecified atom stereocenters. The quantitative estimate of drug-likeness (QED) is 0.699. The topological polar surface area (TPSA) is 60.9 Å². The second-order valence-corrected chi connectivity index (χ2v) is 5.56. The van der Waals surface area contributed by atoms with Gasteiger partial charge in [0, 0.05) is 11.3 Å². The van der Waals surface area contributed by atoms with Crippen LogP contribution in [0.25, 0.3) is 11.0 Å². The Morgan fingerprint density at radius 1 is 1.44 bits per heavy atom. The fraction of sp³-hybridized carbons (Fsp3) is 0.462. The third kappa shape index (κ3) is 3.04. The van der Waals surface area contributed by atoms with Gasteiger partial charge in [0.25, 0.3) is 0 Å². The van der Waals surface area contributed by atoms with Crippen LogP contribution in [-0.2, 0) is 0 Å². The van der Waals surface area contributed by atoms with Crippen molar-refractivity contribution in [2.45, 2.75) is 24.5 Å². The smallest absolute Gasteiger partial charge is 0.166 e. The minimum absolute atomic E-state index is 0.119. The van der Waals surface area contributed by atoms with Gasteiger partial charge in [-0.25, -0.2) is 4.98 Å². The number of hydrogen-bond acceptors (Lipinski definition) is 4. The number of benzene rings is 1. The van der Waals surface area contributed by atoms with Gasteiger partial charge in [-0.05, 0) is 25.6 Å². The van der Waals surface area contributed by atoms with Crippen LogP contribution in [0.2, 0.25) is 0 Å². The highest BCUT2D eigenvalue weighted by molar-refractivity contribution is 7.99. The van der Waals surface area contributed by atoms with Crippen molar-refractivity contribution in [3.8, 4) is 0 Å². The first-order valence-electron chi connectivity index (χ1n) is 6.10. The predicted octanol–water partition coefficient (Wildman–Crippen LogP) is 2.02. The molecule has 0 radical (unpaired) electrons. The number of aliphatic hydroxyl groups is 1. The highest BCUT2D eigenvalue weighted by Gasteiger charge is 2.22. The molecule has 98 valence electrons. The number of H-pyrrole nitrogens is 1. The maximum Gasteiger partial charge on any atom is 0.166 e. The molecule has 1 aromatic carbocycles. The zero-order valence-corrected chi connectivity index (χ0v) is 11.5. The van der Waals surface area contributed by atoms with E-state index in [-0.39, 0.29) is 12.1 Å². The van der Waals surface area contributed by atoms with Gasteiger partial charge in [0.2, 0.25) is 0 Å². The van der Waals surface area contributed by atoms with Gasteiger partial charge < -0.3 is 15.4 Å². The zero-order valence-electron chi connectivity index (χ0n) is 10.7. The van der Waals surface area contributed by atoms with Crippen LogP contribution in [-0.4, -0.2) is 39.5 Å². The van der Waals surface area contributed by atoms with Gasteiger partial charge in [-0.15, -0.1) is 0 Å². The summed E-state index contributed by atoms with van der Waals surface area (Å²) in [6, 6.07) is 7.98. The van der Waals surface area contributed by atoms with E-state index < -0.39 is 0 Å². The fourth-order valence-corrected chi connectivity index (χ4v) is 2.80. The van der Waals surface area contributed by atoms with E-state index in [4.69, 9.17) is 0 Å². The van der Waals surface area contributed by atoms with Crippen molar-refractivity contribution in [1.29, 1.82) is 0 Å². The molecule has 5 heteroatoms. The third-order valence-corrected chi connectivity index (χ3v) is 4.10. The molecule has 0 fully saturated rings. The molecule has 3 N–H and O–H groups in total. The van der Waals surface area contributed by atoms with Crippen molar-refractivity contribution in [3.05, 3.63) is 24.3 Å². The van der Waals surface area contributed by atoms with E-state index in [9.17, 15) is 5.11 Å². The lowest BCUT2D eigenvalue weighted by Crippen LogP contribution is -2.47. The molecule has 2 rings (SSSR count). The van der Waals surface area contributed by atoms with Crippen LogP contribution in [0.5, 0.6) is 0 Å². The number of rotatable bonds is 6. The number of fused-ring (bicyclic) bond motifs is 1. The van der Waals surface area contributed by atoms with E-state index in [0.717, 1.165) is 28.5 Å². The Morgan fingerprint density at radius 3 is 2.89 bits per heavy atom. The Bertz CT molecular complexity index is 481. The second-order valence-electron chi connectivity index (χ2n) is 4.60. The highest BCUT2D eigenvalue weighted by atomic mass is 32.2. The number of imidazole rings is 1. The summed E-state index contributed by atoms with van der Waals surface area (Å²) in [4.78, 5) is 7.78. The summed E-state index contributed by atoms with van der Waals surface area (Å²) in [6.45, 7) is 5.03. The SMILES string of the molecule is CCNC(C)(CO)CSc1nc2ccccc2[nH]1. The lowest BCUT2D eigenvalue weighted by atomic mass is 10.1. The van der Waals surface area contributed by atoms with E-state index in [1.807, 2.05) is 38.1 Å². The second kappa shape index (κ2) is 5.73. The number of thioether (sulfide) groups is 1. The summed E-state index contributed by atoms with van der Waals surface area (Å²) in [6.07, 6.45) is 0. The maximum atomic E-state index is 9.43. The monoisotopic (exact) mass is 265 g/mol. The number of aromatic amines is 1. The summed E-state index contributed by atoms with van der Waals surface area (Å²) in [5.41, 5.74) is 1.77. The number of para-hydroxylation sites is 2. The van der Waals surface area contributed by atoms with Crippen molar-refractivity contribution in [3.63, 3.8) is 0 Å². The number of hydrogen-bond donors (Lipinski definition) is 3. The normalized spacial score (nSPS) is 14.8. The van der Waals surface area contributed by atoms with Gasteiger partial charge in [0.05, 0.1) is 17.6 Å². The van der Waals surface area contributed by atoms with Crippen LogP contribution in [0.1, 0.15) is 13.8 Å². The molecule has 2 aromatic rings. The molecule has 1 atom stereocenters. The molecule has 18 heavy (non-hydrogen) atoms. The van der Waals surface area contributed by atoms with Crippen molar-refractivity contribution in [1.82, 2.24) is 15.3 Å². The molecule has 0 aliphatic carbocycles. The number of likely N-dealkylation sites (N-methyl/N-ethyl adjacent to an activating group) is 1. The van der Waals surface area contributed by atoms with Crippen LogP contribution < -0.4 is 5.32 Å². The van der Waals surface area contributed by atoms with E-state index in [0.29, 0.717) is 0 Å². The van der Waals surface area contributed by atoms with Crippen LogP contribution in [0.4, 0.5) is 0 Å². The summed E-state index contributed by atoms with van der Waals surface area (Å²) in [7, 11) is 0. The molecule has 0 bridgehead atoms. The standard InChI is InChI=1S/C13H19N3OS/c1-3-14-13(2,8-17)9-18-12-15-10-6-4-5-7-11(10)16-12/h4-7,14,17H,3,8-9H2,1-2H3,(H,15,16). The minimum atomic E-state index is -0.265. The van der Waals surface area contributed by atoms with Crippen LogP contribution in [0.3, 0.4) is 0 Å². The molecule has 1 aromatic heterocycles. The molecular formula is C13H19N3OS. The number of aromatic nitrogens is 2. The Morgan fingerprint density at radius 2 is 2.22 bits per heavy atom. The summed E-state index contributed by atoms with van der Waals surface area (Å²) in [5, 5.41) is 13.6. The zero-order chi connectivity index (χ0) is 13.0. The number of nitrogens with zero attached hydrogens (tertiary/aromatic N) is 1. The Kier molecular flexibility index (Phi) is 4.27. The first-order chi connectivity index (χ1) is 8.67. The summed E-state index contributed by atoms with van der Waals surface area (Å²) >= 11 is 1.63. The summed E-state index contributed by atoms with van der Waals surface area (Å²) < 4.78 is 0. The summed E-state index contributed by atoms with van der Waals surface area (Å²) in [5.74, 6) is 0.775. The molecule has 0 spiro atoms. The predicted molar refractivity (Wildman–Crippen MR) is 76.0 cm³/mol. The number of aliphatic hydroxyl groups excluding tert-OH is 1. The maximum absolute atomic E-state index is 9.43. The van der Waals surface area contributed by atoms with Gasteiger partial charge >= 0.3 is 0 Å². The Hall–Kier alpha value is -1.04. The van der Waals surface area contributed by atoms with Crippen LogP contribution >= 0.6 is 11.8 Å². The molecular weight excluding hydrogens is 246 g/mol. The fourth-order valence-electron chi connectivity index (χ4n) is 1.80. The average molecular weight is 265 g/mol. The Balaban J connectivity index is 2.05. The first kappa shape index (κ1) is 13.4. The number of nitrogens with one attached hydrogen (secondary N) is 2. The van der Waals surface area contributed by atoms with Gasteiger partial charge in [0.1, 0.15) is 0 Å². The lowest BCUT2D eigenvalue weighted by Gasteiger charge is -2.27. The van der Waals surface area contributed by atoms with E-state index in [1.54, 1.807) is 11.8 Å². The Labute approximate surface area is 111 Å². The third-order valence-electron chi connectivity index (χ3n) is 2.85. The van der Waals surface area contributed by atoms with E-state index in [2.05, 4.69) is 15.3 Å². The molecule has 0 saturated heterocycles. The molecule has 4 nitrogen and oxygen atoms in total. The van der Waals surface area contributed by atoms with Crippen molar-refractivity contribution >= 4 is 22.8 Å². The van der Waals surface area contributed by atoms with Gasteiger partial charge in [-0.3, -0.25) is 0 Å². The van der Waals surface area contributed by atoms with Gasteiger partial charge in [-0.1, -0.05) is 30.8 Å². The van der Waals surface area contributed by atoms with Gasteiger partial charge in [-0.2, -0.15) is 0 Å². The van der Waals surface area contributed by atoms with Crippen LogP contribution in [0.15, 0.2) is 29.4 Å². The van der Waals surface area contributed by atoms with Gasteiger partial charge in [0.15, 0.2) is 5.16 Å². The average Bonchev–Trinajstić information content (AvgIpc) is 2.79. The van der Waals surface area contributed by atoms with Crippen molar-refractivity contribution < 1.29 is 5.11 Å². The van der Waals surface area contributed by atoms with E-state index in [1.165, 1.54) is 0 Å². The molecule has 0 aliphatic rings. The minimum Gasteiger partial charge on any atom is -0.394 e. The van der Waals surface area contributed by atoms with Crippen molar-refractivity contribution in [2.24, 2.45) is 0 Å². The van der Waals surface area contributed by atoms with Crippen molar-refractivity contribution in [2.75, 3.05) is 18.9 Å². The highest BCUT2D eigenvalue weighted by Crippen LogP contribution is 2.22. The molecule has 0 aliphatic heterocycles. The lowest BCUT2D eigenvalue weighted by molar-refractivity contribution is 0.194.